The Morgan fingerprint density at radius 2 is 2.35 bits per heavy atom. The van der Waals surface area contributed by atoms with Gasteiger partial charge in [-0.1, -0.05) is 25.6 Å². The van der Waals surface area contributed by atoms with Crippen LogP contribution in [0.1, 0.15) is 26.5 Å². The molecular weight excluding hydrogens is 232 g/mol. The second-order valence-electron chi connectivity index (χ2n) is 4.89. The monoisotopic (exact) mass is 252 g/mol. The van der Waals surface area contributed by atoms with Crippen LogP contribution in [0.25, 0.3) is 0 Å². The van der Waals surface area contributed by atoms with E-state index in [0.717, 1.165) is 23.1 Å². The van der Waals surface area contributed by atoms with Crippen molar-refractivity contribution < 1.29 is 4.42 Å². The number of amidine groups is 1. The van der Waals surface area contributed by atoms with E-state index >= 15 is 0 Å². The third kappa shape index (κ3) is 3.53. The van der Waals surface area contributed by atoms with Gasteiger partial charge in [0.15, 0.2) is 5.17 Å². The van der Waals surface area contributed by atoms with Crippen LogP contribution in [0.15, 0.2) is 27.8 Å². The van der Waals surface area contributed by atoms with Crippen molar-refractivity contribution in [1.29, 1.82) is 0 Å². The summed E-state index contributed by atoms with van der Waals surface area (Å²) < 4.78 is 5.34. The van der Waals surface area contributed by atoms with Gasteiger partial charge < -0.3 is 9.73 Å². The molecule has 0 fully saturated rings. The van der Waals surface area contributed by atoms with E-state index in [0.29, 0.717) is 18.0 Å². The Labute approximate surface area is 107 Å². The molecule has 2 atom stereocenters. The van der Waals surface area contributed by atoms with Gasteiger partial charge in [0.1, 0.15) is 5.76 Å². The molecule has 0 aliphatic carbocycles. The Bertz CT molecular complexity index is 373. The molecule has 0 spiro atoms. The minimum absolute atomic E-state index is 0.360. The summed E-state index contributed by atoms with van der Waals surface area (Å²) in [5, 5.41) is 4.54. The lowest BCUT2D eigenvalue weighted by Crippen LogP contribution is -2.31. The Kier molecular flexibility index (Phi) is 4.15. The molecule has 2 rings (SSSR count). The average Bonchev–Trinajstić information content (AvgIpc) is 2.88. The molecule has 4 heteroatoms. The predicted molar refractivity (Wildman–Crippen MR) is 73.5 cm³/mol. The first kappa shape index (κ1) is 12.6. The summed E-state index contributed by atoms with van der Waals surface area (Å²) in [4.78, 5) is 4.69. The molecular formula is C13H20N2OS. The Morgan fingerprint density at radius 3 is 2.94 bits per heavy atom. The summed E-state index contributed by atoms with van der Waals surface area (Å²) in [7, 11) is 0. The van der Waals surface area contributed by atoms with E-state index < -0.39 is 0 Å². The maximum absolute atomic E-state index is 5.34. The highest BCUT2D eigenvalue weighted by Gasteiger charge is 2.21. The molecule has 0 aromatic carbocycles. The smallest absolute Gasteiger partial charge is 0.157 e. The van der Waals surface area contributed by atoms with Gasteiger partial charge in [-0.05, 0) is 25.0 Å². The molecule has 1 N–H and O–H groups in total. The highest BCUT2D eigenvalue weighted by atomic mass is 32.2. The van der Waals surface area contributed by atoms with Crippen LogP contribution in [0.2, 0.25) is 0 Å². The minimum atomic E-state index is 0.360. The zero-order valence-corrected chi connectivity index (χ0v) is 11.5. The lowest BCUT2D eigenvalue weighted by Gasteiger charge is -2.12. The van der Waals surface area contributed by atoms with E-state index in [1.165, 1.54) is 0 Å². The summed E-state index contributed by atoms with van der Waals surface area (Å²) >= 11 is 1.83. The van der Waals surface area contributed by atoms with E-state index in [-0.39, 0.29) is 0 Å². The van der Waals surface area contributed by atoms with E-state index in [1.54, 1.807) is 6.26 Å². The molecule has 0 radical (unpaired) electrons. The number of nitrogens with zero attached hydrogens (tertiary/aromatic N) is 1. The van der Waals surface area contributed by atoms with Gasteiger partial charge in [-0.15, -0.1) is 0 Å². The number of rotatable bonds is 4. The van der Waals surface area contributed by atoms with Gasteiger partial charge in [0.05, 0.1) is 12.3 Å². The van der Waals surface area contributed by atoms with Gasteiger partial charge in [-0.25, -0.2) is 0 Å². The fourth-order valence-corrected chi connectivity index (χ4v) is 3.08. The van der Waals surface area contributed by atoms with Gasteiger partial charge in [-0.2, -0.15) is 0 Å². The topological polar surface area (TPSA) is 37.5 Å². The highest BCUT2D eigenvalue weighted by Crippen LogP contribution is 2.22. The van der Waals surface area contributed by atoms with Gasteiger partial charge >= 0.3 is 0 Å². The molecule has 94 valence electrons. The molecule has 3 nitrogen and oxygen atoms in total. The largest absolute Gasteiger partial charge is 0.469 e. The van der Waals surface area contributed by atoms with Crippen LogP contribution < -0.4 is 5.32 Å². The van der Waals surface area contributed by atoms with Gasteiger partial charge in [0.25, 0.3) is 0 Å². The molecule has 0 bridgehead atoms. The summed E-state index contributed by atoms with van der Waals surface area (Å²) in [6, 6.07) is 4.77. The lowest BCUT2D eigenvalue weighted by molar-refractivity contribution is 0.482. The Morgan fingerprint density at radius 1 is 1.53 bits per heavy atom. The summed E-state index contributed by atoms with van der Waals surface area (Å²) in [5.74, 6) is 2.75. The molecule has 0 saturated carbocycles. The fourth-order valence-electron chi connectivity index (χ4n) is 1.80. The molecule has 1 aromatic rings. The number of nitrogens with one attached hydrogen (secondary N) is 1. The predicted octanol–water partition coefficient (Wildman–Crippen LogP) is 2.93. The van der Waals surface area contributed by atoms with Crippen LogP contribution in [0.3, 0.4) is 0 Å². The van der Waals surface area contributed by atoms with Crippen LogP contribution in [0.5, 0.6) is 0 Å². The maximum atomic E-state index is 5.34. The van der Waals surface area contributed by atoms with Crippen molar-refractivity contribution in [2.45, 2.75) is 39.3 Å². The van der Waals surface area contributed by atoms with Crippen molar-refractivity contribution in [3.8, 4) is 0 Å². The number of hydrogen-bond acceptors (Lipinski definition) is 4. The first-order chi connectivity index (χ1) is 8.15. The number of thioether (sulfide) groups is 1. The second-order valence-corrected chi connectivity index (χ2v) is 5.89. The van der Waals surface area contributed by atoms with Gasteiger partial charge in [-0.3, -0.25) is 4.99 Å². The normalized spacial score (nSPS) is 21.6. The number of aliphatic imine (C=N–C) groups is 1. The summed E-state index contributed by atoms with van der Waals surface area (Å²) in [6.07, 6.45) is 2.62. The van der Waals surface area contributed by atoms with E-state index in [1.807, 2.05) is 23.9 Å². The molecule has 1 aliphatic heterocycles. The third-order valence-corrected chi connectivity index (χ3v) is 3.91. The van der Waals surface area contributed by atoms with Gasteiger partial charge in [0, 0.05) is 18.2 Å². The van der Waals surface area contributed by atoms with Crippen LogP contribution in [0.4, 0.5) is 0 Å². The number of furan rings is 1. The zero-order valence-electron chi connectivity index (χ0n) is 10.6. The van der Waals surface area contributed by atoms with E-state index in [2.05, 4.69) is 26.1 Å². The third-order valence-electron chi connectivity index (χ3n) is 2.90. The first-order valence-electron chi connectivity index (χ1n) is 6.14. The maximum Gasteiger partial charge on any atom is 0.157 e. The molecule has 1 aliphatic rings. The molecule has 17 heavy (non-hydrogen) atoms. The SMILES string of the molecule is CC(Cc1ccco1)NC1=N[C@@H](C(C)C)CS1. The molecule has 1 aromatic heterocycles. The Balaban J connectivity index is 1.83. The van der Waals surface area contributed by atoms with Crippen molar-refractivity contribution in [3.05, 3.63) is 24.2 Å². The lowest BCUT2D eigenvalue weighted by atomic mass is 10.1. The second kappa shape index (κ2) is 5.63. The van der Waals surface area contributed by atoms with Crippen LogP contribution in [0, 0.1) is 5.92 Å². The fraction of sp³-hybridized carbons (Fsp3) is 0.615. The molecule has 0 saturated heterocycles. The minimum Gasteiger partial charge on any atom is -0.469 e. The van der Waals surface area contributed by atoms with E-state index in [4.69, 9.17) is 9.41 Å². The van der Waals surface area contributed by atoms with Crippen molar-refractivity contribution in [1.82, 2.24) is 5.32 Å². The van der Waals surface area contributed by atoms with Crippen molar-refractivity contribution in [2.24, 2.45) is 10.9 Å². The quantitative estimate of drug-likeness (QED) is 0.895. The van der Waals surface area contributed by atoms with Gasteiger partial charge in [0.2, 0.25) is 0 Å². The summed E-state index contributed by atoms with van der Waals surface area (Å²) in [5.41, 5.74) is 0. The first-order valence-corrected chi connectivity index (χ1v) is 7.13. The van der Waals surface area contributed by atoms with Crippen LogP contribution >= 0.6 is 11.8 Å². The average molecular weight is 252 g/mol. The highest BCUT2D eigenvalue weighted by molar-refractivity contribution is 8.14. The van der Waals surface area contributed by atoms with E-state index in [9.17, 15) is 0 Å². The number of hydrogen-bond donors (Lipinski definition) is 1. The van der Waals surface area contributed by atoms with Crippen LogP contribution in [-0.4, -0.2) is 23.0 Å². The standard InChI is InChI=1S/C13H20N2OS/c1-9(2)12-8-17-13(15-12)14-10(3)7-11-5-4-6-16-11/h4-6,9-10,12H,7-8H2,1-3H3,(H,14,15)/t10?,12-/m1/s1. The molecule has 2 heterocycles. The van der Waals surface area contributed by atoms with Crippen molar-refractivity contribution in [3.63, 3.8) is 0 Å². The summed E-state index contributed by atoms with van der Waals surface area (Å²) in [6.45, 7) is 6.61. The molecule has 1 unspecified atom stereocenters. The van der Waals surface area contributed by atoms with Crippen molar-refractivity contribution >= 4 is 16.9 Å². The zero-order chi connectivity index (χ0) is 12.3. The molecule has 0 amide bonds. The van der Waals surface area contributed by atoms with Crippen molar-refractivity contribution in [2.75, 3.05) is 5.75 Å². The Hall–Kier alpha value is -0.900. The van der Waals surface area contributed by atoms with Crippen LogP contribution in [-0.2, 0) is 6.42 Å².